The number of carbonyl (C=O) groups is 4. The summed E-state index contributed by atoms with van der Waals surface area (Å²) in [7, 11) is 0. The van der Waals surface area contributed by atoms with Gasteiger partial charge in [0.25, 0.3) is 0 Å². The maximum Gasteiger partial charge on any atom is 0.243 e. The first-order valence-electron chi connectivity index (χ1n) is 8.12. The Labute approximate surface area is 142 Å². The number of likely N-dealkylation sites (N-methyl/N-ethyl adjacent to an activating group) is 2. The largest absolute Gasteiger partial charge is 0.355 e. The Kier molecular flexibility index (Phi) is 11.2. The molecular weight excluding hydrogens is 314 g/mol. The molecule has 0 unspecified atom stereocenters. The summed E-state index contributed by atoms with van der Waals surface area (Å²) < 4.78 is 0. The third-order valence-electron chi connectivity index (χ3n) is 3.04. The molecule has 0 saturated heterocycles. The summed E-state index contributed by atoms with van der Waals surface area (Å²) in [5, 5.41) is 12.9. The number of hydrogen-bond donors (Lipinski definition) is 5. The molecule has 9 nitrogen and oxygen atoms in total. The molecule has 0 rings (SSSR count). The van der Waals surface area contributed by atoms with Crippen molar-refractivity contribution in [2.45, 2.75) is 33.7 Å². The molecule has 0 aromatic carbocycles. The maximum absolute atomic E-state index is 12.1. The third kappa shape index (κ3) is 9.78. The molecular formula is C15H29N5O4. The monoisotopic (exact) mass is 343 g/mol. The first kappa shape index (κ1) is 21.8. The van der Waals surface area contributed by atoms with Gasteiger partial charge in [0.15, 0.2) is 0 Å². The average Bonchev–Trinajstić information content (AvgIpc) is 2.53. The highest BCUT2D eigenvalue weighted by atomic mass is 16.2. The number of rotatable bonds is 11. The van der Waals surface area contributed by atoms with Crippen LogP contribution in [0.4, 0.5) is 0 Å². The molecule has 1 atom stereocenters. The van der Waals surface area contributed by atoms with Gasteiger partial charge in [0.05, 0.1) is 19.6 Å². The second kappa shape index (κ2) is 12.3. The van der Waals surface area contributed by atoms with E-state index in [4.69, 9.17) is 0 Å². The van der Waals surface area contributed by atoms with Crippen LogP contribution in [0.5, 0.6) is 0 Å². The minimum Gasteiger partial charge on any atom is -0.355 e. The zero-order valence-corrected chi connectivity index (χ0v) is 14.8. The van der Waals surface area contributed by atoms with Gasteiger partial charge in [-0.15, -0.1) is 0 Å². The minimum atomic E-state index is -0.780. The topological polar surface area (TPSA) is 128 Å². The standard InChI is InChI=1S/C15H29N5O4/c1-5-16-7-11(21)18-9-13(23)20-14(10(3)4)15(24)19-8-12(22)17-6-2/h10,14,16H,5-9H2,1-4H3,(H,17,22)(H,18,21)(H,19,24)(H,20,23)/t14-/m0/s1. The van der Waals surface area contributed by atoms with Crippen LogP contribution < -0.4 is 26.6 Å². The van der Waals surface area contributed by atoms with Crippen molar-refractivity contribution in [2.75, 3.05) is 32.7 Å². The average molecular weight is 343 g/mol. The smallest absolute Gasteiger partial charge is 0.243 e. The number of nitrogens with one attached hydrogen (secondary N) is 5. The number of carbonyl (C=O) groups excluding carboxylic acids is 4. The minimum absolute atomic E-state index is 0.129. The molecule has 138 valence electrons. The fourth-order valence-electron chi connectivity index (χ4n) is 1.78. The first-order valence-corrected chi connectivity index (χ1v) is 8.12. The Bertz CT molecular complexity index is 440. The highest BCUT2D eigenvalue weighted by Crippen LogP contribution is 2.01. The summed E-state index contributed by atoms with van der Waals surface area (Å²) in [6.45, 7) is 8.10. The van der Waals surface area contributed by atoms with Crippen LogP contribution in [-0.2, 0) is 19.2 Å². The van der Waals surface area contributed by atoms with Crippen LogP contribution in [-0.4, -0.2) is 62.4 Å². The summed E-state index contributed by atoms with van der Waals surface area (Å²) in [6.07, 6.45) is 0. The molecule has 0 aromatic rings. The van der Waals surface area contributed by atoms with Crippen LogP contribution in [0.2, 0.25) is 0 Å². The van der Waals surface area contributed by atoms with E-state index in [1.165, 1.54) is 0 Å². The third-order valence-corrected chi connectivity index (χ3v) is 3.04. The van der Waals surface area contributed by atoms with E-state index in [0.29, 0.717) is 13.1 Å². The molecule has 0 aliphatic carbocycles. The van der Waals surface area contributed by atoms with E-state index in [1.807, 2.05) is 6.92 Å². The zero-order chi connectivity index (χ0) is 18.5. The summed E-state index contributed by atoms with van der Waals surface area (Å²) in [5.41, 5.74) is 0. The first-order chi connectivity index (χ1) is 11.3. The van der Waals surface area contributed by atoms with Crippen molar-refractivity contribution in [3.8, 4) is 0 Å². The molecule has 5 N–H and O–H groups in total. The lowest BCUT2D eigenvalue weighted by molar-refractivity contribution is -0.131. The fourth-order valence-corrected chi connectivity index (χ4v) is 1.78. The van der Waals surface area contributed by atoms with Crippen LogP contribution in [0.1, 0.15) is 27.7 Å². The van der Waals surface area contributed by atoms with Crippen molar-refractivity contribution in [3.05, 3.63) is 0 Å². The summed E-state index contributed by atoms with van der Waals surface area (Å²) in [5.74, 6) is -1.67. The van der Waals surface area contributed by atoms with Gasteiger partial charge in [0, 0.05) is 6.54 Å². The van der Waals surface area contributed by atoms with Crippen molar-refractivity contribution in [2.24, 2.45) is 5.92 Å². The van der Waals surface area contributed by atoms with Gasteiger partial charge in [-0.05, 0) is 19.4 Å². The van der Waals surface area contributed by atoms with E-state index >= 15 is 0 Å². The van der Waals surface area contributed by atoms with Crippen LogP contribution >= 0.6 is 0 Å². The molecule has 4 amide bonds. The van der Waals surface area contributed by atoms with Crippen LogP contribution in [0.25, 0.3) is 0 Å². The molecule has 0 fully saturated rings. The van der Waals surface area contributed by atoms with Crippen molar-refractivity contribution in [3.63, 3.8) is 0 Å². The lowest BCUT2D eigenvalue weighted by atomic mass is 10.0. The normalized spacial score (nSPS) is 11.5. The Morgan fingerprint density at radius 3 is 1.88 bits per heavy atom. The SMILES string of the molecule is CCNCC(=O)NCC(=O)N[C@H](C(=O)NCC(=O)NCC)C(C)C. The fraction of sp³-hybridized carbons (Fsp3) is 0.733. The molecule has 9 heteroatoms. The Morgan fingerprint density at radius 2 is 1.33 bits per heavy atom. The molecule has 0 aromatic heterocycles. The van der Waals surface area contributed by atoms with Crippen molar-refractivity contribution >= 4 is 23.6 Å². The molecule has 0 aliphatic heterocycles. The van der Waals surface area contributed by atoms with E-state index in [9.17, 15) is 19.2 Å². The van der Waals surface area contributed by atoms with Gasteiger partial charge < -0.3 is 26.6 Å². The van der Waals surface area contributed by atoms with Gasteiger partial charge >= 0.3 is 0 Å². The second-order valence-electron chi connectivity index (χ2n) is 5.52. The molecule has 0 bridgehead atoms. The van der Waals surface area contributed by atoms with Gasteiger partial charge in [-0.25, -0.2) is 0 Å². The Balaban J connectivity index is 4.35. The molecule has 24 heavy (non-hydrogen) atoms. The van der Waals surface area contributed by atoms with Crippen molar-refractivity contribution in [1.29, 1.82) is 0 Å². The van der Waals surface area contributed by atoms with E-state index in [1.54, 1.807) is 20.8 Å². The quantitative estimate of drug-likeness (QED) is 0.299. The van der Waals surface area contributed by atoms with Crippen molar-refractivity contribution in [1.82, 2.24) is 26.6 Å². The molecule has 0 heterocycles. The molecule has 0 spiro atoms. The van der Waals surface area contributed by atoms with Crippen LogP contribution in [0.3, 0.4) is 0 Å². The summed E-state index contributed by atoms with van der Waals surface area (Å²) in [6, 6.07) is -0.780. The van der Waals surface area contributed by atoms with Gasteiger partial charge in [0.2, 0.25) is 23.6 Å². The molecule has 0 saturated carbocycles. The number of hydrogen-bond acceptors (Lipinski definition) is 5. The van der Waals surface area contributed by atoms with Crippen LogP contribution in [0.15, 0.2) is 0 Å². The lowest BCUT2D eigenvalue weighted by Crippen LogP contribution is -2.53. The number of amides is 4. The highest BCUT2D eigenvalue weighted by molar-refractivity contribution is 5.92. The summed E-state index contributed by atoms with van der Waals surface area (Å²) in [4.78, 5) is 46.8. The second-order valence-corrected chi connectivity index (χ2v) is 5.52. The lowest BCUT2D eigenvalue weighted by Gasteiger charge is -2.21. The Morgan fingerprint density at radius 1 is 0.750 bits per heavy atom. The van der Waals surface area contributed by atoms with E-state index in [0.717, 1.165) is 0 Å². The van der Waals surface area contributed by atoms with Gasteiger partial charge in [0.1, 0.15) is 6.04 Å². The van der Waals surface area contributed by atoms with Gasteiger partial charge in [-0.3, -0.25) is 19.2 Å². The maximum atomic E-state index is 12.1. The van der Waals surface area contributed by atoms with E-state index in [2.05, 4.69) is 26.6 Å². The zero-order valence-electron chi connectivity index (χ0n) is 14.8. The Hall–Kier alpha value is -2.16. The van der Waals surface area contributed by atoms with Crippen LogP contribution in [0, 0.1) is 5.92 Å². The van der Waals surface area contributed by atoms with Crippen molar-refractivity contribution < 1.29 is 19.2 Å². The van der Waals surface area contributed by atoms with E-state index < -0.39 is 17.9 Å². The summed E-state index contributed by atoms with van der Waals surface area (Å²) >= 11 is 0. The van der Waals surface area contributed by atoms with E-state index in [-0.39, 0.29) is 37.4 Å². The highest BCUT2D eigenvalue weighted by Gasteiger charge is 2.24. The van der Waals surface area contributed by atoms with Gasteiger partial charge in [-0.1, -0.05) is 20.8 Å². The molecule has 0 radical (unpaired) electrons. The predicted molar refractivity (Wildman–Crippen MR) is 90.0 cm³/mol. The molecule has 0 aliphatic rings. The van der Waals surface area contributed by atoms with Gasteiger partial charge in [-0.2, -0.15) is 0 Å². The predicted octanol–water partition coefficient (Wildman–Crippen LogP) is -1.89.